The number of aliphatic hydroxyl groups is 1. The van der Waals surface area contributed by atoms with Crippen molar-refractivity contribution < 1.29 is 24.2 Å². The molecule has 6 heteroatoms. The third-order valence-corrected chi connectivity index (χ3v) is 2.71. The van der Waals surface area contributed by atoms with Crippen LogP contribution in [0.5, 0.6) is 5.75 Å². The zero-order valence-electron chi connectivity index (χ0n) is 13.3. The number of ketones is 1. The lowest BCUT2D eigenvalue weighted by atomic mass is 10.1. The van der Waals surface area contributed by atoms with Gasteiger partial charge in [-0.25, -0.2) is 4.79 Å². The first kappa shape index (κ1) is 18.2. The highest BCUT2D eigenvalue weighted by molar-refractivity contribution is 6.39. The van der Waals surface area contributed by atoms with Gasteiger partial charge in [0.15, 0.2) is 0 Å². The summed E-state index contributed by atoms with van der Waals surface area (Å²) in [4.78, 5) is 22.8. The topological polar surface area (TPSA) is 96.6 Å². The lowest BCUT2D eigenvalue weighted by Crippen LogP contribution is -2.15. The molecule has 0 unspecified atom stereocenters. The van der Waals surface area contributed by atoms with E-state index in [9.17, 15) is 14.7 Å². The average Bonchev–Trinajstić information content (AvgIpc) is 2.52. The average molecular weight is 317 g/mol. The fraction of sp³-hybridized carbons (Fsp3) is 0.353. The molecule has 1 rings (SSSR count). The first-order chi connectivity index (χ1) is 10.9. The normalized spacial score (nSPS) is 11.0. The van der Waals surface area contributed by atoms with Gasteiger partial charge in [0.1, 0.15) is 17.6 Å². The van der Waals surface area contributed by atoms with Crippen molar-refractivity contribution in [2.24, 2.45) is 5.92 Å². The number of nitriles is 1. The van der Waals surface area contributed by atoms with Gasteiger partial charge in [-0.05, 0) is 31.0 Å². The molecule has 0 bridgehead atoms. The van der Waals surface area contributed by atoms with Crippen molar-refractivity contribution in [2.75, 3.05) is 13.2 Å². The monoisotopic (exact) mass is 317 g/mol. The van der Waals surface area contributed by atoms with E-state index in [0.717, 1.165) is 6.08 Å². The van der Waals surface area contributed by atoms with Crippen LogP contribution in [0.25, 0.3) is 5.76 Å². The number of carbonyl (C=O) groups is 2. The summed E-state index contributed by atoms with van der Waals surface area (Å²) >= 11 is 0. The summed E-state index contributed by atoms with van der Waals surface area (Å²) in [6, 6.07) is 6.40. The number of aliphatic hydroxyl groups excluding tert-OH is 1. The maximum Gasteiger partial charge on any atom is 0.379 e. The Morgan fingerprint density at radius 3 is 2.65 bits per heavy atom. The number of nitrogens with zero attached hydrogens (tertiary/aromatic N) is 1. The highest BCUT2D eigenvalue weighted by Crippen LogP contribution is 2.23. The maximum atomic E-state index is 11.5. The van der Waals surface area contributed by atoms with Gasteiger partial charge in [-0.2, -0.15) is 5.26 Å². The SMILES string of the molecule is CCOC(=O)C(=O)/C=C(\O)c1ccc(OCC(C)C)c(C#N)c1. The van der Waals surface area contributed by atoms with Gasteiger partial charge in [0.25, 0.3) is 5.78 Å². The van der Waals surface area contributed by atoms with Crippen LogP contribution in [-0.4, -0.2) is 30.1 Å². The molecule has 0 aliphatic heterocycles. The van der Waals surface area contributed by atoms with E-state index >= 15 is 0 Å². The molecule has 0 aliphatic rings. The third kappa shape index (κ3) is 5.47. The largest absolute Gasteiger partial charge is 0.507 e. The van der Waals surface area contributed by atoms with Crippen LogP contribution in [0.2, 0.25) is 0 Å². The molecule has 0 aromatic heterocycles. The zero-order chi connectivity index (χ0) is 17.4. The number of ether oxygens (including phenoxy) is 2. The molecular weight excluding hydrogens is 298 g/mol. The minimum Gasteiger partial charge on any atom is -0.507 e. The Morgan fingerprint density at radius 1 is 1.39 bits per heavy atom. The van der Waals surface area contributed by atoms with E-state index < -0.39 is 17.5 Å². The molecule has 0 fully saturated rings. The van der Waals surface area contributed by atoms with Gasteiger partial charge in [-0.1, -0.05) is 13.8 Å². The molecular formula is C17H19NO5. The molecule has 0 aliphatic carbocycles. The standard InChI is InChI=1S/C17H19NO5/c1-4-22-17(21)15(20)8-14(19)12-5-6-16(13(7-12)9-18)23-10-11(2)3/h5-8,11,19H,4,10H2,1-3H3/b14-8-. The number of rotatable bonds is 7. The molecule has 0 heterocycles. The van der Waals surface area contributed by atoms with E-state index in [1.165, 1.54) is 18.2 Å². The summed E-state index contributed by atoms with van der Waals surface area (Å²) in [5.41, 5.74) is 0.461. The molecule has 0 radical (unpaired) electrons. The highest BCUT2D eigenvalue weighted by atomic mass is 16.5. The van der Waals surface area contributed by atoms with E-state index in [4.69, 9.17) is 10.00 Å². The predicted molar refractivity (Wildman–Crippen MR) is 83.7 cm³/mol. The van der Waals surface area contributed by atoms with Crippen LogP contribution in [0.15, 0.2) is 24.3 Å². The van der Waals surface area contributed by atoms with Gasteiger partial charge >= 0.3 is 5.97 Å². The summed E-state index contributed by atoms with van der Waals surface area (Å²) in [6.45, 7) is 6.06. The van der Waals surface area contributed by atoms with Gasteiger partial charge in [-0.3, -0.25) is 4.79 Å². The van der Waals surface area contributed by atoms with Gasteiger partial charge in [0, 0.05) is 11.6 Å². The number of esters is 1. The van der Waals surface area contributed by atoms with Crippen LogP contribution in [0, 0.1) is 17.2 Å². The van der Waals surface area contributed by atoms with Crippen molar-refractivity contribution >= 4 is 17.5 Å². The van der Waals surface area contributed by atoms with Crippen LogP contribution >= 0.6 is 0 Å². The second kappa shape index (κ2) is 8.59. The smallest absolute Gasteiger partial charge is 0.379 e. The minimum absolute atomic E-state index is 0.0691. The van der Waals surface area contributed by atoms with E-state index in [2.05, 4.69) is 4.74 Å². The van der Waals surface area contributed by atoms with E-state index in [0.29, 0.717) is 18.3 Å². The molecule has 1 N–H and O–H groups in total. The van der Waals surface area contributed by atoms with Crippen molar-refractivity contribution in [3.05, 3.63) is 35.4 Å². The number of hydrogen-bond acceptors (Lipinski definition) is 6. The Hall–Kier alpha value is -2.81. The molecule has 23 heavy (non-hydrogen) atoms. The Bertz CT molecular complexity index is 655. The van der Waals surface area contributed by atoms with E-state index in [1.54, 1.807) is 6.92 Å². The Kier molecular flexibility index (Phi) is 6.81. The van der Waals surface area contributed by atoms with Crippen molar-refractivity contribution in [1.82, 2.24) is 0 Å². The molecule has 0 saturated heterocycles. The summed E-state index contributed by atoms with van der Waals surface area (Å²) in [5.74, 6) is -1.74. The summed E-state index contributed by atoms with van der Waals surface area (Å²) < 4.78 is 10.1. The van der Waals surface area contributed by atoms with Crippen molar-refractivity contribution in [1.29, 1.82) is 5.26 Å². The van der Waals surface area contributed by atoms with Crippen LogP contribution in [0.3, 0.4) is 0 Å². The Labute approximate surface area is 134 Å². The van der Waals surface area contributed by atoms with Gasteiger partial charge in [0.05, 0.1) is 18.8 Å². The van der Waals surface area contributed by atoms with E-state index in [-0.39, 0.29) is 17.7 Å². The lowest BCUT2D eigenvalue weighted by Gasteiger charge is -2.11. The molecule has 0 atom stereocenters. The summed E-state index contributed by atoms with van der Waals surface area (Å²) in [6.07, 6.45) is 0.767. The Morgan fingerprint density at radius 2 is 2.09 bits per heavy atom. The first-order valence-electron chi connectivity index (χ1n) is 7.18. The minimum atomic E-state index is -1.04. The summed E-state index contributed by atoms with van der Waals surface area (Å²) in [5, 5.41) is 19.1. The number of hydrogen-bond donors (Lipinski definition) is 1. The van der Waals surface area contributed by atoms with Crippen LogP contribution in [0.4, 0.5) is 0 Å². The predicted octanol–water partition coefficient (Wildman–Crippen LogP) is 2.62. The van der Waals surface area contributed by atoms with Crippen LogP contribution in [-0.2, 0) is 14.3 Å². The van der Waals surface area contributed by atoms with Crippen LogP contribution in [0.1, 0.15) is 31.9 Å². The van der Waals surface area contributed by atoms with Gasteiger partial charge in [-0.15, -0.1) is 0 Å². The summed E-state index contributed by atoms with van der Waals surface area (Å²) in [7, 11) is 0. The van der Waals surface area contributed by atoms with Crippen LogP contribution < -0.4 is 4.74 Å². The molecule has 1 aromatic rings. The maximum absolute atomic E-state index is 11.5. The molecule has 1 aromatic carbocycles. The second-order valence-corrected chi connectivity index (χ2v) is 5.14. The molecule has 122 valence electrons. The first-order valence-corrected chi connectivity index (χ1v) is 7.18. The van der Waals surface area contributed by atoms with Crippen molar-refractivity contribution in [2.45, 2.75) is 20.8 Å². The van der Waals surface area contributed by atoms with Gasteiger partial charge < -0.3 is 14.6 Å². The Balaban J connectivity index is 2.98. The fourth-order valence-electron chi connectivity index (χ4n) is 1.63. The molecule has 0 saturated carbocycles. The third-order valence-electron chi connectivity index (χ3n) is 2.71. The van der Waals surface area contributed by atoms with Crippen molar-refractivity contribution in [3.8, 4) is 11.8 Å². The molecule has 0 spiro atoms. The van der Waals surface area contributed by atoms with E-state index in [1.807, 2.05) is 19.9 Å². The highest BCUT2D eigenvalue weighted by Gasteiger charge is 2.15. The quantitative estimate of drug-likeness (QED) is 0.359. The number of benzene rings is 1. The van der Waals surface area contributed by atoms with Crippen molar-refractivity contribution in [3.63, 3.8) is 0 Å². The molecule has 0 amide bonds. The fourth-order valence-corrected chi connectivity index (χ4v) is 1.63. The second-order valence-electron chi connectivity index (χ2n) is 5.14. The lowest BCUT2D eigenvalue weighted by molar-refractivity contribution is -0.151. The van der Waals surface area contributed by atoms with Gasteiger partial charge in [0.2, 0.25) is 0 Å². The number of carbonyl (C=O) groups excluding carboxylic acids is 2. The zero-order valence-corrected chi connectivity index (χ0v) is 13.3. The molecule has 6 nitrogen and oxygen atoms in total.